The molecule has 0 unspecified atom stereocenters. The summed E-state index contributed by atoms with van der Waals surface area (Å²) >= 11 is 0. The number of sulfonamides is 1. The lowest BCUT2D eigenvalue weighted by Crippen LogP contribution is -2.52. The minimum absolute atomic E-state index is 0.0966. The van der Waals surface area contributed by atoms with E-state index in [1.54, 1.807) is 41.3 Å². The Bertz CT molecular complexity index is 955. The van der Waals surface area contributed by atoms with Crippen LogP contribution in [0.5, 0.6) is 0 Å². The molecule has 29 heavy (non-hydrogen) atoms. The van der Waals surface area contributed by atoms with Gasteiger partial charge in [-0.3, -0.25) is 4.79 Å². The number of piperazine rings is 1. The molecule has 3 rings (SSSR count). The molecule has 1 saturated heterocycles. The first kappa shape index (κ1) is 21.4. The summed E-state index contributed by atoms with van der Waals surface area (Å²) in [5, 5.41) is 3.11. The van der Waals surface area contributed by atoms with Crippen molar-refractivity contribution in [2.45, 2.75) is 24.8 Å². The van der Waals surface area contributed by atoms with E-state index < -0.39 is 10.0 Å². The molecule has 8 heteroatoms. The maximum atomic E-state index is 13.3. The number of nitrogens with one attached hydrogen (secondary N) is 1. The van der Waals surface area contributed by atoms with Gasteiger partial charge in [0.2, 0.25) is 15.9 Å². The summed E-state index contributed by atoms with van der Waals surface area (Å²) in [6.07, 6.45) is 0. The number of hydrogen-bond donors (Lipinski definition) is 1. The Morgan fingerprint density at radius 1 is 1.10 bits per heavy atom. The number of carbonyl (C=O) groups is 1. The van der Waals surface area contributed by atoms with Crippen LogP contribution < -0.4 is 5.32 Å². The van der Waals surface area contributed by atoms with E-state index in [9.17, 15) is 17.6 Å². The summed E-state index contributed by atoms with van der Waals surface area (Å²) in [5.41, 5.74) is 1.77. The molecule has 156 valence electrons. The summed E-state index contributed by atoms with van der Waals surface area (Å²) in [7, 11) is -3.55. The highest BCUT2D eigenvalue weighted by atomic mass is 32.2. The van der Waals surface area contributed by atoms with E-state index in [0.29, 0.717) is 13.1 Å². The highest BCUT2D eigenvalue weighted by molar-refractivity contribution is 7.89. The number of hydrogen-bond acceptors (Lipinski definition) is 4. The number of rotatable bonds is 6. The Morgan fingerprint density at radius 3 is 2.38 bits per heavy atom. The lowest BCUT2D eigenvalue weighted by atomic mass is 10.1. The smallest absolute Gasteiger partial charge is 0.243 e. The highest BCUT2D eigenvalue weighted by Gasteiger charge is 2.30. The number of benzene rings is 2. The predicted octanol–water partition coefficient (Wildman–Crippen LogP) is 2.32. The molecular weight excluding hydrogens is 393 g/mol. The van der Waals surface area contributed by atoms with Crippen molar-refractivity contribution >= 4 is 15.9 Å². The van der Waals surface area contributed by atoms with E-state index in [0.717, 1.165) is 11.1 Å². The summed E-state index contributed by atoms with van der Waals surface area (Å²) in [4.78, 5) is 14.4. The Labute approximate surface area is 171 Å². The zero-order valence-electron chi connectivity index (χ0n) is 16.6. The summed E-state index contributed by atoms with van der Waals surface area (Å²) in [6.45, 7) is 5.11. The van der Waals surface area contributed by atoms with Crippen LogP contribution in [0.2, 0.25) is 0 Å². The van der Waals surface area contributed by atoms with Gasteiger partial charge in [0, 0.05) is 32.2 Å². The van der Waals surface area contributed by atoms with Crippen LogP contribution in [0, 0.1) is 12.7 Å². The summed E-state index contributed by atoms with van der Waals surface area (Å²) < 4.78 is 40.3. The van der Waals surface area contributed by atoms with Gasteiger partial charge in [0.15, 0.2) is 0 Å². The molecule has 0 aliphatic carbocycles. The molecule has 1 N–H and O–H groups in total. The van der Waals surface area contributed by atoms with Gasteiger partial charge < -0.3 is 10.2 Å². The Hall–Kier alpha value is -2.29. The largest absolute Gasteiger partial charge is 0.339 e. The van der Waals surface area contributed by atoms with Gasteiger partial charge in [0.25, 0.3) is 0 Å². The second-order valence-corrected chi connectivity index (χ2v) is 9.19. The molecule has 0 bridgehead atoms. The average molecular weight is 420 g/mol. The fourth-order valence-corrected chi connectivity index (χ4v) is 4.71. The second kappa shape index (κ2) is 9.02. The lowest BCUT2D eigenvalue weighted by Gasteiger charge is -2.34. The minimum atomic E-state index is -3.55. The molecule has 1 aliphatic heterocycles. The highest BCUT2D eigenvalue weighted by Crippen LogP contribution is 2.18. The number of aryl methyl sites for hydroxylation is 1. The molecule has 2 aromatic carbocycles. The van der Waals surface area contributed by atoms with Gasteiger partial charge in [-0.2, -0.15) is 4.31 Å². The van der Waals surface area contributed by atoms with Crippen molar-refractivity contribution in [3.63, 3.8) is 0 Å². The lowest BCUT2D eigenvalue weighted by molar-refractivity contribution is -0.131. The fourth-order valence-electron chi connectivity index (χ4n) is 3.28. The summed E-state index contributed by atoms with van der Waals surface area (Å²) in [5.74, 6) is -0.408. The third-order valence-electron chi connectivity index (χ3n) is 5.16. The quantitative estimate of drug-likeness (QED) is 0.780. The molecule has 0 aromatic heterocycles. The van der Waals surface area contributed by atoms with Crippen LogP contribution >= 0.6 is 0 Å². The van der Waals surface area contributed by atoms with Gasteiger partial charge in [0.05, 0.1) is 11.4 Å². The number of carbonyl (C=O) groups excluding carboxylic acids is 1. The van der Waals surface area contributed by atoms with Crippen molar-refractivity contribution in [3.05, 3.63) is 65.5 Å². The van der Waals surface area contributed by atoms with E-state index in [4.69, 9.17) is 0 Å². The van der Waals surface area contributed by atoms with E-state index in [2.05, 4.69) is 5.32 Å². The maximum Gasteiger partial charge on any atom is 0.243 e. The van der Waals surface area contributed by atoms with Crippen molar-refractivity contribution in [3.8, 4) is 0 Å². The van der Waals surface area contributed by atoms with E-state index in [-0.39, 0.29) is 42.3 Å². The predicted molar refractivity (Wildman–Crippen MR) is 109 cm³/mol. The van der Waals surface area contributed by atoms with Crippen LogP contribution in [0.25, 0.3) is 0 Å². The monoisotopic (exact) mass is 419 g/mol. The van der Waals surface area contributed by atoms with Crippen LogP contribution in [-0.2, 0) is 14.8 Å². The molecule has 1 amide bonds. The number of halogens is 1. The number of amides is 1. The van der Waals surface area contributed by atoms with Crippen molar-refractivity contribution in [2.75, 3.05) is 32.7 Å². The molecule has 1 heterocycles. The molecule has 1 aliphatic rings. The first-order valence-electron chi connectivity index (χ1n) is 9.61. The van der Waals surface area contributed by atoms with Gasteiger partial charge in [-0.05, 0) is 43.7 Å². The van der Waals surface area contributed by atoms with Gasteiger partial charge in [-0.15, -0.1) is 0 Å². The molecule has 1 fully saturated rings. The zero-order valence-corrected chi connectivity index (χ0v) is 17.5. The zero-order chi connectivity index (χ0) is 21.0. The standard InChI is InChI=1S/C21H26FN3O3S/c1-16-6-8-20(9-7-16)29(27,28)25-12-10-24(11-13-25)21(26)15-23-17(2)18-4-3-5-19(22)14-18/h3-9,14,17,23H,10-13,15H2,1-2H3/t17-/m1/s1. The average Bonchev–Trinajstić information content (AvgIpc) is 2.72. The Kier molecular flexibility index (Phi) is 6.66. The van der Waals surface area contributed by atoms with E-state index in [1.807, 2.05) is 13.8 Å². The van der Waals surface area contributed by atoms with Crippen LogP contribution in [0.3, 0.4) is 0 Å². The molecule has 2 aromatic rings. The van der Waals surface area contributed by atoms with Crippen molar-refractivity contribution in [1.82, 2.24) is 14.5 Å². The number of nitrogens with zero attached hydrogens (tertiary/aromatic N) is 2. The normalized spacial score (nSPS) is 16.6. The van der Waals surface area contributed by atoms with Gasteiger partial charge in [-0.25, -0.2) is 12.8 Å². The SMILES string of the molecule is Cc1ccc(S(=O)(=O)N2CCN(C(=O)CN[C@H](C)c3cccc(F)c3)CC2)cc1. The molecule has 0 spiro atoms. The molecular formula is C21H26FN3O3S. The Morgan fingerprint density at radius 2 is 1.76 bits per heavy atom. The third-order valence-corrected chi connectivity index (χ3v) is 7.07. The van der Waals surface area contributed by atoms with Gasteiger partial charge in [-0.1, -0.05) is 29.8 Å². The van der Waals surface area contributed by atoms with Crippen molar-refractivity contribution < 1.29 is 17.6 Å². The summed E-state index contributed by atoms with van der Waals surface area (Å²) in [6, 6.07) is 12.9. The minimum Gasteiger partial charge on any atom is -0.339 e. The van der Waals surface area contributed by atoms with Crippen LogP contribution in [0.1, 0.15) is 24.1 Å². The van der Waals surface area contributed by atoms with Crippen LogP contribution in [0.15, 0.2) is 53.4 Å². The topological polar surface area (TPSA) is 69.7 Å². The molecule has 1 atom stereocenters. The van der Waals surface area contributed by atoms with Crippen molar-refractivity contribution in [2.24, 2.45) is 0 Å². The first-order chi connectivity index (χ1) is 13.8. The van der Waals surface area contributed by atoms with Crippen LogP contribution in [0.4, 0.5) is 4.39 Å². The molecule has 0 saturated carbocycles. The second-order valence-electron chi connectivity index (χ2n) is 7.26. The van der Waals surface area contributed by atoms with E-state index >= 15 is 0 Å². The fraction of sp³-hybridized carbons (Fsp3) is 0.381. The van der Waals surface area contributed by atoms with Gasteiger partial charge in [0.1, 0.15) is 5.82 Å². The van der Waals surface area contributed by atoms with Crippen molar-refractivity contribution in [1.29, 1.82) is 0 Å². The van der Waals surface area contributed by atoms with Crippen LogP contribution in [-0.4, -0.2) is 56.3 Å². The van der Waals surface area contributed by atoms with Gasteiger partial charge >= 0.3 is 0 Å². The Balaban J connectivity index is 1.52. The first-order valence-corrected chi connectivity index (χ1v) is 11.0. The van der Waals surface area contributed by atoms with E-state index in [1.165, 1.54) is 16.4 Å². The maximum absolute atomic E-state index is 13.3. The third kappa shape index (κ3) is 5.20. The molecule has 6 nitrogen and oxygen atoms in total. The molecule has 0 radical (unpaired) electrons.